The van der Waals surface area contributed by atoms with E-state index in [2.05, 4.69) is 39.6 Å². The van der Waals surface area contributed by atoms with Gasteiger partial charge in [-0.15, -0.1) is 0 Å². The highest BCUT2D eigenvalue weighted by molar-refractivity contribution is 4.92. The smallest absolute Gasteiger partial charge is 0.0161 e. The third-order valence-corrected chi connectivity index (χ3v) is 4.45. The highest BCUT2D eigenvalue weighted by Crippen LogP contribution is 2.30. The van der Waals surface area contributed by atoms with Crippen molar-refractivity contribution >= 4 is 0 Å². The summed E-state index contributed by atoms with van der Waals surface area (Å²) >= 11 is 0. The Bertz CT molecular complexity index is 209. The van der Waals surface area contributed by atoms with E-state index in [0.29, 0.717) is 0 Å². The second-order valence-corrected chi connectivity index (χ2v) is 6.95. The maximum absolute atomic E-state index is 6.24. The van der Waals surface area contributed by atoms with Crippen LogP contribution < -0.4 is 5.73 Å². The summed E-state index contributed by atoms with van der Waals surface area (Å²) in [5.74, 6) is 0.932. The number of rotatable bonds is 5. The Hall–Kier alpha value is -0.0800. The molecule has 0 heterocycles. The molecule has 0 spiro atoms. The average Bonchev–Trinajstić information content (AvgIpc) is 2.52. The zero-order valence-corrected chi connectivity index (χ0v) is 11.8. The second kappa shape index (κ2) is 5.05. The van der Waals surface area contributed by atoms with Gasteiger partial charge in [-0.05, 0) is 45.1 Å². The lowest BCUT2D eigenvalue weighted by Gasteiger charge is -2.41. The first-order chi connectivity index (χ1) is 7.22. The molecule has 0 aromatic heterocycles. The fraction of sp³-hybridized carbons (Fsp3) is 1.00. The first-order valence-electron chi connectivity index (χ1n) is 6.70. The molecule has 1 rings (SSSR count). The first-order valence-corrected chi connectivity index (χ1v) is 6.70. The Morgan fingerprint density at radius 1 is 1.12 bits per heavy atom. The summed E-state index contributed by atoms with van der Waals surface area (Å²) in [6.07, 6.45) is 5.72. The van der Waals surface area contributed by atoms with E-state index < -0.39 is 0 Å². The molecule has 1 fully saturated rings. The number of nitrogens with zero attached hydrogens (tertiary/aromatic N) is 1. The van der Waals surface area contributed by atoms with Crippen LogP contribution in [0.5, 0.6) is 0 Å². The molecule has 0 amide bonds. The average molecular weight is 226 g/mol. The van der Waals surface area contributed by atoms with Gasteiger partial charge >= 0.3 is 0 Å². The monoisotopic (exact) mass is 226 g/mol. The summed E-state index contributed by atoms with van der Waals surface area (Å²) in [6, 6.07) is 0. The van der Waals surface area contributed by atoms with Crippen LogP contribution in [0.25, 0.3) is 0 Å². The van der Waals surface area contributed by atoms with E-state index in [0.717, 1.165) is 12.5 Å². The molecule has 0 aromatic carbocycles. The van der Waals surface area contributed by atoms with Gasteiger partial charge in [0.05, 0.1) is 0 Å². The van der Waals surface area contributed by atoms with Crippen LogP contribution in [0.4, 0.5) is 0 Å². The molecule has 2 N–H and O–H groups in total. The Morgan fingerprint density at radius 2 is 1.62 bits per heavy atom. The quantitative estimate of drug-likeness (QED) is 0.781. The molecule has 2 nitrogen and oxygen atoms in total. The zero-order valence-electron chi connectivity index (χ0n) is 11.8. The number of hydrogen-bond donors (Lipinski definition) is 1. The SMILES string of the molecule is CN(CC1CCCC1)CC(C)(C)C(C)(C)N. The maximum atomic E-state index is 6.24. The van der Waals surface area contributed by atoms with E-state index in [9.17, 15) is 0 Å². The van der Waals surface area contributed by atoms with Crippen molar-refractivity contribution in [1.29, 1.82) is 0 Å². The molecule has 0 aromatic rings. The van der Waals surface area contributed by atoms with Gasteiger partial charge in [-0.25, -0.2) is 0 Å². The van der Waals surface area contributed by atoms with E-state index in [-0.39, 0.29) is 11.0 Å². The van der Waals surface area contributed by atoms with Gasteiger partial charge in [0.2, 0.25) is 0 Å². The van der Waals surface area contributed by atoms with E-state index in [4.69, 9.17) is 5.73 Å². The fourth-order valence-corrected chi connectivity index (χ4v) is 2.58. The minimum atomic E-state index is -0.114. The molecule has 0 atom stereocenters. The summed E-state index contributed by atoms with van der Waals surface area (Å²) in [7, 11) is 2.24. The van der Waals surface area contributed by atoms with Gasteiger partial charge in [-0.1, -0.05) is 26.7 Å². The predicted octanol–water partition coefficient (Wildman–Crippen LogP) is 2.87. The van der Waals surface area contributed by atoms with E-state index in [1.165, 1.54) is 32.2 Å². The standard InChI is InChI=1S/C14H30N2/c1-13(2,14(3,4)15)11-16(5)10-12-8-6-7-9-12/h12H,6-11,15H2,1-5H3. The first kappa shape index (κ1) is 14.0. The summed E-state index contributed by atoms with van der Waals surface area (Å²) < 4.78 is 0. The third-order valence-electron chi connectivity index (χ3n) is 4.45. The normalized spacial score (nSPS) is 19.7. The molecule has 1 saturated carbocycles. The van der Waals surface area contributed by atoms with Crippen LogP contribution in [0.2, 0.25) is 0 Å². The second-order valence-electron chi connectivity index (χ2n) is 6.95. The predicted molar refractivity (Wildman–Crippen MR) is 71.5 cm³/mol. The summed E-state index contributed by atoms with van der Waals surface area (Å²) in [4.78, 5) is 2.48. The minimum Gasteiger partial charge on any atom is -0.325 e. The Balaban J connectivity index is 2.40. The van der Waals surface area contributed by atoms with Gasteiger partial charge in [0, 0.05) is 18.6 Å². The molecular weight excluding hydrogens is 196 g/mol. The maximum Gasteiger partial charge on any atom is 0.0161 e. The fourth-order valence-electron chi connectivity index (χ4n) is 2.58. The van der Waals surface area contributed by atoms with E-state index >= 15 is 0 Å². The van der Waals surface area contributed by atoms with Gasteiger partial charge < -0.3 is 10.6 Å². The van der Waals surface area contributed by atoms with Crippen molar-refractivity contribution in [2.75, 3.05) is 20.1 Å². The minimum absolute atomic E-state index is 0.114. The van der Waals surface area contributed by atoms with Crippen molar-refractivity contribution in [2.45, 2.75) is 58.9 Å². The molecule has 1 aliphatic rings. The van der Waals surface area contributed by atoms with Crippen LogP contribution in [0.1, 0.15) is 53.4 Å². The Morgan fingerprint density at radius 3 is 2.06 bits per heavy atom. The van der Waals surface area contributed by atoms with Crippen molar-refractivity contribution in [3.8, 4) is 0 Å². The van der Waals surface area contributed by atoms with E-state index in [1.807, 2.05) is 0 Å². The van der Waals surface area contributed by atoms with Crippen LogP contribution in [-0.4, -0.2) is 30.6 Å². The molecule has 0 unspecified atom stereocenters. The van der Waals surface area contributed by atoms with Gasteiger partial charge in [0.15, 0.2) is 0 Å². The molecule has 0 bridgehead atoms. The third kappa shape index (κ3) is 3.74. The molecule has 96 valence electrons. The summed E-state index contributed by atoms with van der Waals surface area (Å²) in [5.41, 5.74) is 6.30. The van der Waals surface area contributed by atoms with Gasteiger partial charge in [-0.3, -0.25) is 0 Å². The lowest BCUT2D eigenvalue weighted by Crippen LogP contribution is -2.52. The van der Waals surface area contributed by atoms with Crippen LogP contribution in [0.15, 0.2) is 0 Å². The highest BCUT2D eigenvalue weighted by atomic mass is 15.1. The molecule has 2 heteroatoms. The van der Waals surface area contributed by atoms with Crippen LogP contribution in [0, 0.1) is 11.3 Å². The van der Waals surface area contributed by atoms with Crippen molar-refractivity contribution in [2.24, 2.45) is 17.1 Å². The number of hydrogen-bond acceptors (Lipinski definition) is 2. The van der Waals surface area contributed by atoms with Gasteiger partial charge in [-0.2, -0.15) is 0 Å². The lowest BCUT2D eigenvalue weighted by molar-refractivity contribution is 0.120. The summed E-state index contributed by atoms with van der Waals surface area (Å²) in [6.45, 7) is 11.2. The Kier molecular flexibility index (Phi) is 4.42. The van der Waals surface area contributed by atoms with Crippen molar-refractivity contribution in [3.63, 3.8) is 0 Å². The number of nitrogens with two attached hydrogens (primary N) is 1. The topological polar surface area (TPSA) is 29.3 Å². The molecular formula is C14H30N2. The summed E-state index contributed by atoms with van der Waals surface area (Å²) in [5, 5.41) is 0. The van der Waals surface area contributed by atoms with Crippen LogP contribution >= 0.6 is 0 Å². The van der Waals surface area contributed by atoms with Crippen molar-refractivity contribution < 1.29 is 0 Å². The Labute approximate surface area is 102 Å². The van der Waals surface area contributed by atoms with Crippen LogP contribution in [0.3, 0.4) is 0 Å². The lowest BCUT2D eigenvalue weighted by atomic mass is 9.75. The zero-order chi connectivity index (χ0) is 12.4. The molecule has 16 heavy (non-hydrogen) atoms. The van der Waals surface area contributed by atoms with Gasteiger partial charge in [0.25, 0.3) is 0 Å². The molecule has 0 saturated heterocycles. The van der Waals surface area contributed by atoms with Crippen molar-refractivity contribution in [1.82, 2.24) is 4.90 Å². The van der Waals surface area contributed by atoms with E-state index in [1.54, 1.807) is 0 Å². The highest BCUT2D eigenvalue weighted by Gasteiger charge is 2.34. The molecule has 0 radical (unpaired) electrons. The molecule has 1 aliphatic carbocycles. The van der Waals surface area contributed by atoms with Crippen LogP contribution in [-0.2, 0) is 0 Å². The van der Waals surface area contributed by atoms with Gasteiger partial charge in [0.1, 0.15) is 0 Å². The largest absolute Gasteiger partial charge is 0.325 e. The van der Waals surface area contributed by atoms with Crippen molar-refractivity contribution in [3.05, 3.63) is 0 Å². The molecule has 0 aliphatic heterocycles.